The van der Waals surface area contributed by atoms with Crippen molar-refractivity contribution in [2.75, 3.05) is 26.7 Å². The second-order valence-corrected chi connectivity index (χ2v) is 13.0. The molecule has 5 fully saturated rings. The molecular formula is C29H41FN2O8. The largest absolute Gasteiger partial charge is 0.390 e. The number of aliphatic hydroxyl groups is 1. The van der Waals surface area contributed by atoms with Crippen molar-refractivity contribution >= 4 is 11.6 Å². The molecule has 9 atom stereocenters. The van der Waals surface area contributed by atoms with Crippen LogP contribution in [0.1, 0.15) is 58.8 Å². The van der Waals surface area contributed by atoms with Crippen LogP contribution < -0.4 is 0 Å². The fourth-order valence-corrected chi connectivity index (χ4v) is 8.97. The zero-order chi connectivity index (χ0) is 29.1. The molecule has 10 nitrogen and oxygen atoms in total. The number of likely N-dealkylation sites (tertiary alicyclic amines) is 1. The average Bonchev–Trinajstić information content (AvgIpc) is 3.41. The van der Waals surface area contributed by atoms with Gasteiger partial charge in [-0.15, -0.1) is 10.1 Å². The highest BCUT2D eigenvalue weighted by Gasteiger charge is 2.79. The number of halogens is 1. The lowest BCUT2D eigenvalue weighted by Gasteiger charge is -2.62. The predicted molar refractivity (Wildman–Crippen MR) is 141 cm³/mol. The topological polar surface area (TPSA) is 128 Å². The molecule has 0 amide bonds. The van der Waals surface area contributed by atoms with Gasteiger partial charge in [0.25, 0.3) is 5.09 Å². The van der Waals surface area contributed by atoms with E-state index in [2.05, 4.69) is 16.3 Å². The van der Waals surface area contributed by atoms with Crippen molar-refractivity contribution in [2.24, 2.45) is 28.6 Å². The summed E-state index contributed by atoms with van der Waals surface area (Å²) in [7, 11) is 2.04. The Hall–Kier alpha value is -2.21. The summed E-state index contributed by atoms with van der Waals surface area (Å²) >= 11 is 0. The van der Waals surface area contributed by atoms with E-state index in [4.69, 9.17) is 9.47 Å². The lowest BCUT2D eigenvalue weighted by Crippen LogP contribution is -2.69. The quantitative estimate of drug-likeness (QED) is 0.268. The minimum Gasteiger partial charge on any atom is -0.390 e. The summed E-state index contributed by atoms with van der Waals surface area (Å²) in [5.41, 5.74) is -5.82. The molecule has 11 heteroatoms. The van der Waals surface area contributed by atoms with Gasteiger partial charge in [-0.25, -0.2) is 4.39 Å². The molecule has 0 bridgehead atoms. The highest BCUT2D eigenvalue weighted by Crippen LogP contribution is 2.71. The molecule has 2 aliphatic heterocycles. The number of fused-ring (bicyclic) bond motifs is 5. The first kappa shape index (κ1) is 29.3. The van der Waals surface area contributed by atoms with Crippen LogP contribution in [0.4, 0.5) is 4.39 Å². The van der Waals surface area contributed by atoms with Crippen LogP contribution in [-0.2, 0) is 23.9 Å². The molecule has 40 heavy (non-hydrogen) atoms. The number of carbonyl (C=O) groups is 2. The molecule has 2 heterocycles. The van der Waals surface area contributed by atoms with Crippen molar-refractivity contribution in [3.8, 4) is 0 Å². The Morgan fingerprint density at radius 1 is 1.25 bits per heavy atom. The molecule has 0 spiro atoms. The maximum atomic E-state index is 17.5. The zero-order valence-corrected chi connectivity index (χ0v) is 23.6. The molecule has 0 aromatic rings. The molecule has 2 saturated heterocycles. The van der Waals surface area contributed by atoms with Crippen LogP contribution in [-0.4, -0.2) is 83.2 Å². The van der Waals surface area contributed by atoms with Gasteiger partial charge in [-0.3, -0.25) is 9.59 Å². The first-order valence-corrected chi connectivity index (χ1v) is 14.4. The summed E-state index contributed by atoms with van der Waals surface area (Å²) in [6.07, 6.45) is 4.68. The normalized spacial score (nSPS) is 45.5. The summed E-state index contributed by atoms with van der Waals surface area (Å²) in [6.45, 7) is 7.97. The van der Waals surface area contributed by atoms with Crippen molar-refractivity contribution < 1.29 is 38.5 Å². The van der Waals surface area contributed by atoms with E-state index in [1.54, 1.807) is 13.0 Å². The third kappa shape index (κ3) is 4.18. The number of piperidine rings is 1. The number of hydrogen-bond donors (Lipinski definition) is 1. The molecule has 0 radical (unpaired) electrons. The highest BCUT2D eigenvalue weighted by atomic mass is 19.1. The molecule has 0 aromatic carbocycles. The van der Waals surface area contributed by atoms with Gasteiger partial charge in [0.2, 0.25) is 0 Å². The van der Waals surface area contributed by atoms with Crippen molar-refractivity contribution in [1.29, 1.82) is 0 Å². The molecule has 0 aromatic heterocycles. The van der Waals surface area contributed by atoms with Crippen LogP contribution in [0.2, 0.25) is 0 Å². The number of alkyl halides is 1. The third-order valence-corrected chi connectivity index (χ3v) is 11.1. The number of hydrogen-bond acceptors (Lipinski definition) is 9. The molecule has 3 saturated carbocycles. The predicted octanol–water partition coefficient (Wildman–Crippen LogP) is 3.20. The SMILES string of the molecule is C=CC(=O)/C=C\C1(C)CCCC2[C@@H]3C[C@H]4OC(C5CCN(C)CC5)O[C@@]4(C(=O)CO[N+](=O)[O-])[C@@]3(C)CC(O)[C@@]21F. The van der Waals surface area contributed by atoms with Crippen molar-refractivity contribution in [1.82, 2.24) is 4.90 Å². The zero-order valence-electron chi connectivity index (χ0n) is 23.6. The molecule has 5 rings (SSSR count). The molecule has 1 N–H and O–H groups in total. The molecule has 5 aliphatic rings. The van der Waals surface area contributed by atoms with Gasteiger partial charge in [0.05, 0.1) is 12.2 Å². The van der Waals surface area contributed by atoms with Crippen LogP contribution in [0, 0.1) is 38.7 Å². The first-order chi connectivity index (χ1) is 18.8. The lowest BCUT2D eigenvalue weighted by molar-refractivity contribution is -0.754. The van der Waals surface area contributed by atoms with E-state index in [0.29, 0.717) is 25.7 Å². The number of ketones is 2. The van der Waals surface area contributed by atoms with Crippen LogP contribution in [0.25, 0.3) is 0 Å². The van der Waals surface area contributed by atoms with Crippen molar-refractivity contribution in [3.05, 3.63) is 34.9 Å². The van der Waals surface area contributed by atoms with Crippen molar-refractivity contribution in [3.63, 3.8) is 0 Å². The minimum absolute atomic E-state index is 0.0456. The fraction of sp³-hybridized carbons (Fsp3) is 0.793. The Morgan fingerprint density at radius 2 is 1.95 bits per heavy atom. The number of nitrogens with zero attached hydrogens (tertiary/aromatic N) is 2. The van der Waals surface area contributed by atoms with Gasteiger partial charge in [-0.05, 0) is 82.6 Å². The van der Waals surface area contributed by atoms with E-state index in [0.717, 1.165) is 32.0 Å². The van der Waals surface area contributed by atoms with E-state index in [-0.39, 0.29) is 18.1 Å². The maximum absolute atomic E-state index is 17.5. The minimum atomic E-state index is -2.05. The van der Waals surface area contributed by atoms with Crippen LogP contribution in [0.5, 0.6) is 0 Å². The number of ether oxygens (including phenoxy) is 2. The summed E-state index contributed by atoms with van der Waals surface area (Å²) < 4.78 is 30.6. The molecular weight excluding hydrogens is 523 g/mol. The smallest absolute Gasteiger partial charge is 0.294 e. The van der Waals surface area contributed by atoms with Gasteiger partial charge < -0.3 is 24.3 Å². The van der Waals surface area contributed by atoms with Gasteiger partial charge in [0.15, 0.2) is 30.1 Å². The van der Waals surface area contributed by atoms with Gasteiger partial charge in [-0.1, -0.05) is 32.9 Å². The average molecular weight is 565 g/mol. The number of aliphatic hydroxyl groups excluding tert-OH is 1. The Kier molecular flexibility index (Phi) is 7.51. The number of carbonyl (C=O) groups excluding carboxylic acids is 2. The third-order valence-electron chi connectivity index (χ3n) is 11.1. The Bertz CT molecular complexity index is 1090. The van der Waals surface area contributed by atoms with Crippen LogP contribution in [0.15, 0.2) is 24.8 Å². The second-order valence-electron chi connectivity index (χ2n) is 13.0. The number of Topliss-reactive ketones (excluding diaryl/α,β-unsaturated/α-hetero) is 1. The van der Waals surface area contributed by atoms with Gasteiger partial charge in [-0.2, -0.15) is 0 Å². The molecule has 4 unspecified atom stereocenters. The fourth-order valence-electron chi connectivity index (χ4n) is 8.97. The van der Waals surface area contributed by atoms with E-state index >= 15 is 4.39 Å². The Labute approximate surface area is 234 Å². The Balaban J connectivity index is 1.52. The van der Waals surface area contributed by atoms with E-state index in [9.17, 15) is 24.8 Å². The first-order valence-electron chi connectivity index (χ1n) is 14.4. The highest BCUT2D eigenvalue weighted by molar-refractivity contribution is 5.98. The summed E-state index contributed by atoms with van der Waals surface area (Å²) in [5, 5.41) is 21.7. The van der Waals surface area contributed by atoms with E-state index in [1.807, 2.05) is 14.0 Å². The second kappa shape index (κ2) is 10.3. The van der Waals surface area contributed by atoms with Crippen LogP contribution in [0.3, 0.4) is 0 Å². The number of rotatable bonds is 8. The van der Waals surface area contributed by atoms with Crippen LogP contribution >= 0.6 is 0 Å². The van der Waals surface area contributed by atoms with Crippen molar-refractivity contribution in [2.45, 2.75) is 88.6 Å². The summed E-state index contributed by atoms with van der Waals surface area (Å²) in [5.74, 6) is -1.93. The van der Waals surface area contributed by atoms with E-state index in [1.165, 1.54) is 6.08 Å². The van der Waals surface area contributed by atoms with Gasteiger partial charge >= 0.3 is 0 Å². The Morgan fingerprint density at radius 3 is 2.60 bits per heavy atom. The standard InChI is InChI=1S/C29H41FN2O8/c1-5-19(33)8-12-26(2)11-6-7-20-21-15-24-29(23(35)17-38-32(36)37,27(21,3)16-22(34)28(20,26)30)40-25(39-24)18-9-13-31(4)14-10-18/h5,8,12,18,20-22,24-25,34H,1,6-7,9-11,13-17H2,2-4H3/b12-8-/t20?,21-,22?,24+,25?,26?,27-,28-,29+/m0/s1. The molecule has 222 valence electrons. The summed E-state index contributed by atoms with van der Waals surface area (Å²) in [4.78, 5) is 43.7. The summed E-state index contributed by atoms with van der Waals surface area (Å²) in [6, 6.07) is 0. The maximum Gasteiger partial charge on any atom is 0.294 e. The lowest BCUT2D eigenvalue weighted by atomic mass is 9.46. The monoisotopic (exact) mass is 564 g/mol. The van der Waals surface area contributed by atoms with Gasteiger partial charge in [0, 0.05) is 16.7 Å². The molecule has 3 aliphatic carbocycles. The van der Waals surface area contributed by atoms with Gasteiger partial charge in [0.1, 0.15) is 5.67 Å². The number of allylic oxidation sites excluding steroid dienone is 3. The van der Waals surface area contributed by atoms with E-state index < -0.39 is 69.9 Å².